The summed E-state index contributed by atoms with van der Waals surface area (Å²) in [6, 6.07) is 0. The Labute approximate surface area is 123 Å². The van der Waals surface area contributed by atoms with Crippen LogP contribution in [0.5, 0.6) is 11.6 Å². The average Bonchev–Trinajstić information content (AvgIpc) is 2.60. The van der Waals surface area contributed by atoms with Crippen LogP contribution in [-0.2, 0) is 7.05 Å². The highest BCUT2D eigenvalue weighted by molar-refractivity contribution is 7.80. The van der Waals surface area contributed by atoms with Gasteiger partial charge in [-0.2, -0.15) is 10.2 Å². The Morgan fingerprint density at radius 3 is 2.30 bits per heavy atom. The summed E-state index contributed by atoms with van der Waals surface area (Å²) >= 11 is 5.09. The third-order valence-corrected chi connectivity index (χ3v) is 3.51. The molecule has 0 saturated heterocycles. The van der Waals surface area contributed by atoms with E-state index in [-0.39, 0.29) is 4.99 Å². The molecule has 0 atom stereocenters. The zero-order valence-corrected chi connectivity index (χ0v) is 13.0. The van der Waals surface area contributed by atoms with Crippen LogP contribution in [-0.4, -0.2) is 25.0 Å². The highest BCUT2D eigenvalue weighted by Crippen LogP contribution is 2.30. The molecule has 0 spiro atoms. The van der Waals surface area contributed by atoms with Crippen molar-refractivity contribution in [3.05, 3.63) is 28.2 Å². The molecule has 6 nitrogen and oxygen atoms in total. The monoisotopic (exact) mass is 291 g/mol. The lowest BCUT2D eigenvalue weighted by Gasteiger charge is -2.12. The molecule has 0 fully saturated rings. The fraction of sp³-hybridized carbons (Fsp3) is 0.385. The van der Waals surface area contributed by atoms with Gasteiger partial charge in [0.2, 0.25) is 5.88 Å². The Morgan fingerprint density at radius 2 is 1.80 bits per heavy atom. The van der Waals surface area contributed by atoms with Crippen molar-refractivity contribution >= 4 is 17.2 Å². The van der Waals surface area contributed by atoms with Crippen molar-refractivity contribution in [1.29, 1.82) is 0 Å². The second-order valence-corrected chi connectivity index (χ2v) is 5.12. The quantitative estimate of drug-likeness (QED) is 0.870. The Kier molecular flexibility index (Phi) is 3.71. The van der Waals surface area contributed by atoms with Crippen LogP contribution >= 0.6 is 12.2 Å². The number of nitrogens with zero attached hydrogens (tertiary/aromatic N) is 4. The highest BCUT2D eigenvalue weighted by Gasteiger charge is 2.19. The number of rotatable bonds is 3. The number of nitrogens with two attached hydrogens (primary N) is 1. The van der Waals surface area contributed by atoms with Crippen LogP contribution < -0.4 is 10.5 Å². The van der Waals surface area contributed by atoms with Crippen molar-refractivity contribution in [3.63, 3.8) is 0 Å². The third-order valence-electron chi connectivity index (χ3n) is 3.31. The predicted molar refractivity (Wildman–Crippen MR) is 80.1 cm³/mol. The smallest absolute Gasteiger partial charge is 0.249 e. The van der Waals surface area contributed by atoms with E-state index in [2.05, 4.69) is 15.3 Å². The first-order chi connectivity index (χ1) is 9.32. The maximum absolute atomic E-state index is 5.86. The average molecular weight is 291 g/mol. The molecule has 2 aromatic rings. The van der Waals surface area contributed by atoms with Gasteiger partial charge in [-0.3, -0.25) is 4.68 Å². The molecule has 0 saturated carbocycles. The van der Waals surface area contributed by atoms with Crippen molar-refractivity contribution < 1.29 is 4.74 Å². The van der Waals surface area contributed by atoms with Crippen LogP contribution in [0.3, 0.4) is 0 Å². The van der Waals surface area contributed by atoms with Crippen molar-refractivity contribution in [2.45, 2.75) is 27.7 Å². The van der Waals surface area contributed by atoms with Gasteiger partial charge in [-0.25, -0.2) is 0 Å². The molecule has 0 aliphatic heterocycles. The van der Waals surface area contributed by atoms with Crippen molar-refractivity contribution in [1.82, 2.24) is 20.0 Å². The summed E-state index contributed by atoms with van der Waals surface area (Å²) in [7, 11) is 1.86. The van der Waals surface area contributed by atoms with Crippen LogP contribution in [0.25, 0.3) is 0 Å². The van der Waals surface area contributed by atoms with Crippen molar-refractivity contribution in [3.8, 4) is 11.6 Å². The Morgan fingerprint density at radius 1 is 1.15 bits per heavy atom. The maximum Gasteiger partial charge on any atom is 0.249 e. The van der Waals surface area contributed by atoms with Gasteiger partial charge in [0.25, 0.3) is 0 Å². The van der Waals surface area contributed by atoms with Gasteiger partial charge in [0, 0.05) is 7.05 Å². The molecule has 2 N–H and O–H groups in total. The minimum Gasteiger partial charge on any atom is -0.433 e. The van der Waals surface area contributed by atoms with E-state index >= 15 is 0 Å². The number of aromatic nitrogens is 4. The molecule has 0 bridgehead atoms. The summed E-state index contributed by atoms with van der Waals surface area (Å²) in [6.07, 6.45) is 0. The van der Waals surface area contributed by atoms with Gasteiger partial charge in [0.05, 0.1) is 17.0 Å². The SMILES string of the molecule is Cc1nnc(Oc2c(C)nn(C)c2C)c(C(N)=S)c1C. The lowest BCUT2D eigenvalue weighted by molar-refractivity contribution is 0.445. The largest absolute Gasteiger partial charge is 0.433 e. The molecule has 7 heteroatoms. The Bertz CT molecular complexity index is 693. The van der Waals surface area contributed by atoms with Crippen LogP contribution in [0.1, 0.15) is 28.2 Å². The van der Waals surface area contributed by atoms with Gasteiger partial charge < -0.3 is 10.5 Å². The molecule has 0 radical (unpaired) electrons. The van der Waals surface area contributed by atoms with E-state index in [0.717, 1.165) is 22.6 Å². The van der Waals surface area contributed by atoms with E-state index in [9.17, 15) is 0 Å². The highest BCUT2D eigenvalue weighted by atomic mass is 32.1. The minimum atomic E-state index is 0.245. The summed E-state index contributed by atoms with van der Waals surface area (Å²) in [4.78, 5) is 0.245. The molecule has 0 aliphatic carbocycles. The normalized spacial score (nSPS) is 10.7. The molecule has 106 valence electrons. The Hall–Kier alpha value is -2.02. The zero-order valence-electron chi connectivity index (χ0n) is 12.2. The van der Waals surface area contributed by atoms with Crippen molar-refractivity contribution in [2.75, 3.05) is 0 Å². The summed E-state index contributed by atoms with van der Waals surface area (Å²) in [5.74, 6) is 0.974. The molecule has 0 aliphatic rings. The summed E-state index contributed by atoms with van der Waals surface area (Å²) < 4.78 is 7.61. The van der Waals surface area contributed by atoms with E-state index in [1.54, 1.807) is 4.68 Å². The molecule has 0 unspecified atom stereocenters. The van der Waals surface area contributed by atoms with Gasteiger partial charge in [0.15, 0.2) is 5.75 Å². The van der Waals surface area contributed by atoms with E-state index in [1.165, 1.54) is 0 Å². The third kappa shape index (κ3) is 2.36. The molecule has 2 heterocycles. The fourth-order valence-electron chi connectivity index (χ4n) is 1.95. The minimum absolute atomic E-state index is 0.245. The number of hydrogen-bond donors (Lipinski definition) is 1. The molecule has 2 aromatic heterocycles. The molecular weight excluding hydrogens is 274 g/mol. The van der Waals surface area contributed by atoms with Gasteiger partial charge in [0.1, 0.15) is 10.7 Å². The first kappa shape index (κ1) is 14.4. The second-order valence-electron chi connectivity index (χ2n) is 4.68. The summed E-state index contributed by atoms with van der Waals surface area (Å²) in [5, 5.41) is 12.4. The standard InChI is InChI=1S/C13H17N5OS/c1-6-7(2)15-16-13(10(6)12(14)20)19-11-8(3)17-18(5)9(11)4/h1-5H3,(H2,14,20). The molecule has 20 heavy (non-hydrogen) atoms. The Balaban J connectivity index is 2.54. The first-order valence-electron chi connectivity index (χ1n) is 6.14. The number of hydrogen-bond acceptors (Lipinski definition) is 5. The second kappa shape index (κ2) is 5.16. The zero-order chi connectivity index (χ0) is 15.0. The van der Waals surface area contributed by atoms with Gasteiger partial charge in [-0.15, -0.1) is 5.10 Å². The molecule has 0 aromatic carbocycles. The van der Waals surface area contributed by atoms with E-state index in [1.807, 2.05) is 34.7 Å². The number of aryl methyl sites for hydroxylation is 3. The lowest BCUT2D eigenvalue weighted by Crippen LogP contribution is -2.15. The molecular formula is C13H17N5OS. The summed E-state index contributed by atoms with van der Waals surface area (Å²) in [6.45, 7) is 7.55. The van der Waals surface area contributed by atoms with Gasteiger partial charge >= 0.3 is 0 Å². The fourth-order valence-corrected chi connectivity index (χ4v) is 2.19. The molecule has 0 amide bonds. The molecule has 2 rings (SSSR count). The predicted octanol–water partition coefficient (Wildman–Crippen LogP) is 1.87. The maximum atomic E-state index is 5.86. The number of ether oxygens (including phenoxy) is 1. The van der Waals surface area contributed by atoms with Crippen LogP contribution in [0, 0.1) is 27.7 Å². The number of thiocarbonyl (C=S) groups is 1. The van der Waals surface area contributed by atoms with Gasteiger partial charge in [-0.05, 0) is 33.3 Å². The lowest BCUT2D eigenvalue weighted by atomic mass is 10.1. The van der Waals surface area contributed by atoms with E-state index < -0.39 is 0 Å². The van der Waals surface area contributed by atoms with Crippen LogP contribution in [0.4, 0.5) is 0 Å². The first-order valence-corrected chi connectivity index (χ1v) is 6.55. The summed E-state index contributed by atoms with van der Waals surface area (Å²) in [5.41, 5.74) is 9.73. The topological polar surface area (TPSA) is 78.9 Å². The van der Waals surface area contributed by atoms with E-state index in [4.69, 9.17) is 22.7 Å². The van der Waals surface area contributed by atoms with Crippen LogP contribution in [0.15, 0.2) is 0 Å². The van der Waals surface area contributed by atoms with Crippen LogP contribution in [0.2, 0.25) is 0 Å². The van der Waals surface area contributed by atoms with E-state index in [0.29, 0.717) is 17.2 Å². The van der Waals surface area contributed by atoms with Gasteiger partial charge in [-0.1, -0.05) is 12.2 Å². The van der Waals surface area contributed by atoms with Crippen molar-refractivity contribution in [2.24, 2.45) is 12.8 Å².